The minimum absolute atomic E-state index is 0.111. The minimum Gasteiger partial charge on any atom is -0.352 e. The summed E-state index contributed by atoms with van der Waals surface area (Å²) in [6.45, 7) is 4.41. The monoisotopic (exact) mass is 593 g/mol. The summed E-state index contributed by atoms with van der Waals surface area (Å²) in [7, 11) is -4.36. The van der Waals surface area contributed by atoms with E-state index in [9.17, 15) is 22.4 Å². The first-order chi connectivity index (χ1) is 18.4. The van der Waals surface area contributed by atoms with Crippen molar-refractivity contribution in [3.8, 4) is 0 Å². The van der Waals surface area contributed by atoms with Gasteiger partial charge >= 0.3 is 0 Å². The van der Waals surface area contributed by atoms with E-state index in [-0.39, 0.29) is 28.2 Å². The van der Waals surface area contributed by atoms with Gasteiger partial charge in [-0.3, -0.25) is 13.9 Å². The molecule has 3 aromatic carbocycles. The molecule has 0 aliphatic carbocycles. The molecule has 2 amide bonds. The average molecular weight is 595 g/mol. The topological polar surface area (TPSA) is 86.8 Å². The molecule has 0 aliphatic heterocycles. The molecular weight excluding hydrogens is 564 g/mol. The minimum atomic E-state index is -4.36. The average Bonchev–Trinajstić information content (AvgIpc) is 2.91. The number of hydrogen-bond acceptors (Lipinski definition) is 4. The Kier molecular flexibility index (Phi) is 10.4. The van der Waals surface area contributed by atoms with E-state index in [0.717, 1.165) is 10.4 Å². The number of nitrogens with zero attached hydrogens (tertiary/aromatic N) is 2. The molecule has 39 heavy (non-hydrogen) atoms. The van der Waals surface area contributed by atoms with E-state index in [2.05, 4.69) is 5.32 Å². The molecule has 0 bridgehead atoms. The number of anilines is 1. The summed E-state index contributed by atoms with van der Waals surface area (Å²) in [4.78, 5) is 28.0. The number of sulfonamides is 1. The number of carbonyl (C=O) groups excluding carboxylic acids is 2. The predicted octanol–water partition coefficient (Wildman–Crippen LogP) is 5.66. The second kappa shape index (κ2) is 13.3. The number of para-hydroxylation sites is 1. The van der Waals surface area contributed by atoms with Crippen molar-refractivity contribution < 1.29 is 22.4 Å². The molecular formula is C28H30Cl2FN3O4S. The van der Waals surface area contributed by atoms with E-state index in [1.54, 1.807) is 25.1 Å². The molecule has 0 saturated heterocycles. The number of hydrogen-bond donors (Lipinski definition) is 1. The first kappa shape index (κ1) is 30.4. The molecule has 208 valence electrons. The lowest BCUT2D eigenvalue weighted by Crippen LogP contribution is -2.52. The highest BCUT2D eigenvalue weighted by Crippen LogP contribution is 2.28. The summed E-state index contributed by atoms with van der Waals surface area (Å²) in [5.74, 6) is -1.97. The maximum atomic E-state index is 14.9. The predicted molar refractivity (Wildman–Crippen MR) is 152 cm³/mol. The Morgan fingerprint density at radius 3 is 2.23 bits per heavy atom. The molecule has 11 heteroatoms. The largest absolute Gasteiger partial charge is 0.352 e. The second-order valence-corrected chi connectivity index (χ2v) is 11.7. The van der Waals surface area contributed by atoms with Gasteiger partial charge in [0, 0.05) is 22.6 Å². The molecule has 0 unspecified atom stereocenters. The van der Waals surface area contributed by atoms with Crippen LogP contribution in [-0.2, 0) is 26.2 Å². The third-order valence-corrected chi connectivity index (χ3v) is 8.62. The number of benzene rings is 3. The van der Waals surface area contributed by atoms with Gasteiger partial charge in [-0.25, -0.2) is 12.8 Å². The molecule has 3 rings (SSSR count). The van der Waals surface area contributed by atoms with Crippen molar-refractivity contribution in [2.45, 2.75) is 50.7 Å². The van der Waals surface area contributed by atoms with Crippen LogP contribution in [0.3, 0.4) is 0 Å². The Hall–Kier alpha value is -3.14. The Bertz CT molecular complexity index is 1420. The molecule has 2 atom stereocenters. The molecule has 0 aromatic heterocycles. The maximum Gasteiger partial charge on any atom is 0.264 e. The fourth-order valence-electron chi connectivity index (χ4n) is 3.77. The lowest BCUT2D eigenvalue weighted by molar-refractivity contribution is -0.139. The van der Waals surface area contributed by atoms with Gasteiger partial charge in [0.2, 0.25) is 11.8 Å². The van der Waals surface area contributed by atoms with Gasteiger partial charge in [0.05, 0.1) is 10.6 Å². The van der Waals surface area contributed by atoms with Gasteiger partial charge in [0.25, 0.3) is 10.0 Å². The van der Waals surface area contributed by atoms with E-state index in [1.807, 2.05) is 13.8 Å². The summed E-state index contributed by atoms with van der Waals surface area (Å²) in [6, 6.07) is 16.3. The van der Waals surface area contributed by atoms with Gasteiger partial charge in [0.1, 0.15) is 18.4 Å². The first-order valence-corrected chi connectivity index (χ1v) is 14.5. The van der Waals surface area contributed by atoms with Crippen LogP contribution < -0.4 is 9.62 Å². The first-order valence-electron chi connectivity index (χ1n) is 12.3. The number of carbonyl (C=O) groups is 2. The van der Waals surface area contributed by atoms with Crippen LogP contribution in [0.2, 0.25) is 10.0 Å². The zero-order chi connectivity index (χ0) is 28.7. The van der Waals surface area contributed by atoms with Gasteiger partial charge in [0.15, 0.2) is 0 Å². The Morgan fingerprint density at radius 1 is 0.974 bits per heavy atom. The van der Waals surface area contributed by atoms with Crippen molar-refractivity contribution in [2.75, 3.05) is 10.8 Å². The van der Waals surface area contributed by atoms with Gasteiger partial charge in [-0.05, 0) is 62.2 Å². The van der Waals surface area contributed by atoms with Crippen molar-refractivity contribution in [3.63, 3.8) is 0 Å². The van der Waals surface area contributed by atoms with Crippen LogP contribution in [0.4, 0.5) is 10.1 Å². The van der Waals surface area contributed by atoms with Crippen molar-refractivity contribution in [1.29, 1.82) is 0 Å². The van der Waals surface area contributed by atoms with Gasteiger partial charge in [-0.2, -0.15) is 0 Å². The maximum absolute atomic E-state index is 14.9. The van der Waals surface area contributed by atoms with Crippen LogP contribution in [0.25, 0.3) is 0 Å². The van der Waals surface area contributed by atoms with Crippen molar-refractivity contribution in [2.24, 2.45) is 0 Å². The summed E-state index contributed by atoms with van der Waals surface area (Å²) >= 11 is 12.4. The number of nitrogens with one attached hydrogen (secondary N) is 1. The van der Waals surface area contributed by atoms with Gasteiger partial charge in [-0.1, -0.05) is 66.5 Å². The van der Waals surface area contributed by atoms with Crippen molar-refractivity contribution in [3.05, 3.63) is 94.2 Å². The standard InChI is InChI=1S/C28H30Cl2FN3O4S/c1-4-19(2)32-28(36)20(3)33(17-21-14-15-22(29)16-24(21)30)27(35)18-34(26-13-9-8-12-25(26)31)39(37,38)23-10-6-5-7-11-23/h5-16,19-20H,4,17-18H2,1-3H3,(H,32,36)/t19-,20-/m0/s1. The quantitative estimate of drug-likeness (QED) is 0.311. The van der Waals surface area contributed by atoms with E-state index in [4.69, 9.17) is 23.2 Å². The molecule has 0 radical (unpaired) electrons. The highest BCUT2D eigenvalue weighted by Gasteiger charge is 2.34. The summed E-state index contributed by atoms with van der Waals surface area (Å²) < 4.78 is 42.9. The van der Waals surface area contributed by atoms with E-state index < -0.39 is 40.2 Å². The molecule has 1 N–H and O–H groups in total. The van der Waals surface area contributed by atoms with E-state index in [1.165, 1.54) is 53.4 Å². The van der Waals surface area contributed by atoms with Crippen LogP contribution in [0.1, 0.15) is 32.8 Å². The van der Waals surface area contributed by atoms with Crippen LogP contribution in [0.15, 0.2) is 77.7 Å². The lowest BCUT2D eigenvalue weighted by Gasteiger charge is -2.32. The van der Waals surface area contributed by atoms with Crippen LogP contribution in [0, 0.1) is 5.82 Å². The number of rotatable bonds is 11. The number of halogens is 3. The molecule has 0 fully saturated rings. The normalized spacial score (nSPS) is 12.9. The molecule has 0 heterocycles. The molecule has 7 nitrogen and oxygen atoms in total. The highest BCUT2D eigenvalue weighted by atomic mass is 35.5. The van der Waals surface area contributed by atoms with E-state index >= 15 is 0 Å². The summed E-state index contributed by atoms with van der Waals surface area (Å²) in [6.07, 6.45) is 0.672. The molecule has 0 aliphatic rings. The molecule has 0 spiro atoms. The van der Waals surface area contributed by atoms with Crippen LogP contribution in [0.5, 0.6) is 0 Å². The van der Waals surface area contributed by atoms with Crippen molar-refractivity contribution >= 4 is 50.7 Å². The fraction of sp³-hybridized carbons (Fsp3) is 0.286. The molecule has 0 saturated carbocycles. The van der Waals surface area contributed by atoms with Gasteiger partial charge in [-0.15, -0.1) is 0 Å². The van der Waals surface area contributed by atoms with Gasteiger partial charge < -0.3 is 10.2 Å². The zero-order valence-electron chi connectivity index (χ0n) is 21.8. The fourth-order valence-corrected chi connectivity index (χ4v) is 5.68. The summed E-state index contributed by atoms with van der Waals surface area (Å²) in [5, 5.41) is 3.51. The third kappa shape index (κ3) is 7.50. The Morgan fingerprint density at radius 2 is 1.62 bits per heavy atom. The third-order valence-electron chi connectivity index (χ3n) is 6.26. The van der Waals surface area contributed by atoms with Crippen molar-refractivity contribution in [1.82, 2.24) is 10.2 Å². The highest BCUT2D eigenvalue weighted by molar-refractivity contribution is 7.92. The summed E-state index contributed by atoms with van der Waals surface area (Å²) in [5.41, 5.74) is 0.205. The van der Waals surface area contributed by atoms with Crippen LogP contribution >= 0.6 is 23.2 Å². The van der Waals surface area contributed by atoms with Crippen LogP contribution in [-0.4, -0.2) is 43.8 Å². The number of amides is 2. The zero-order valence-corrected chi connectivity index (χ0v) is 24.1. The van der Waals surface area contributed by atoms with E-state index in [0.29, 0.717) is 17.0 Å². The molecule has 3 aromatic rings. The smallest absolute Gasteiger partial charge is 0.264 e. The second-order valence-electron chi connectivity index (χ2n) is 9.03. The Labute approximate surface area is 238 Å². The Balaban J connectivity index is 2.05. The SMILES string of the molecule is CC[C@H](C)NC(=O)[C@H](C)N(Cc1ccc(Cl)cc1Cl)C(=O)CN(c1ccccc1F)S(=O)(=O)c1ccccc1. The lowest BCUT2D eigenvalue weighted by atomic mass is 10.1.